The topological polar surface area (TPSA) is 38.9 Å². The molecule has 0 radical (unpaired) electrons. The Labute approximate surface area is 101 Å². The van der Waals surface area contributed by atoms with Crippen molar-refractivity contribution in [1.29, 1.82) is 0 Å². The van der Waals surface area contributed by atoms with Gasteiger partial charge < -0.3 is 5.73 Å². The molecule has 1 heterocycles. The normalized spacial score (nSPS) is 12.2. The predicted molar refractivity (Wildman–Crippen MR) is 54.8 cm³/mol. The fourth-order valence-corrected chi connectivity index (χ4v) is 1.96. The summed E-state index contributed by atoms with van der Waals surface area (Å²) >= 11 is 1.42. The molecule has 16 heavy (non-hydrogen) atoms. The van der Waals surface area contributed by atoms with E-state index >= 15 is 0 Å². The van der Waals surface area contributed by atoms with E-state index in [9.17, 15) is 22.0 Å². The standard InChI is InChI=1S/C8H6F5IN2/c9-7(10)4-5(14)3(1-15)2-16-6(4)8(11,12)13/h2,7H,1,15H2. The van der Waals surface area contributed by atoms with Crippen molar-refractivity contribution < 1.29 is 22.0 Å². The van der Waals surface area contributed by atoms with Gasteiger partial charge in [-0.3, -0.25) is 4.98 Å². The molecule has 1 aromatic rings. The third kappa shape index (κ3) is 2.59. The van der Waals surface area contributed by atoms with Gasteiger partial charge in [-0.15, -0.1) is 0 Å². The minimum Gasteiger partial charge on any atom is -0.326 e. The molecule has 0 aliphatic carbocycles. The van der Waals surface area contributed by atoms with Gasteiger partial charge in [0.25, 0.3) is 6.43 Å². The monoisotopic (exact) mass is 352 g/mol. The fourth-order valence-electron chi connectivity index (χ4n) is 1.11. The number of halogens is 6. The van der Waals surface area contributed by atoms with E-state index in [0.29, 0.717) is 0 Å². The van der Waals surface area contributed by atoms with E-state index in [1.165, 1.54) is 22.6 Å². The zero-order chi connectivity index (χ0) is 12.5. The molecule has 8 heteroatoms. The first-order valence-electron chi connectivity index (χ1n) is 4.01. The molecule has 0 aliphatic heterocycles. The van der Waals surface area contributed by atoms with Gasteiger partial charge in [-0.05, 0) is 28.2 Å². The molecule has 0 saturated heterocycles. The SMILES string of the molecule is NCc1cnc(C(F)(F)F)c(C(F)F)c1I. The lowest BCUT2D eigenvalue weighted by atomic mass is 10.1. The Morgan fingerprint density at radius 1 is 1.38 bits per heavy atom. The third-order valence-electron chi connectivity index (χ3n) is 1.83. The zero-order valence-electron chi connectivity index (χ0n) is 7.65. The summed E-state index contributed by atoms with van der Waals surface area (Å²) in [6.07, 6.45) is -7.25. The second kappa shape index (κ2) is 4.78. The Bertz CT molecular complexity index is 391. The highest BCUT2D eigenvalue weighted by molar-refractivity contribution is 14.1. The maximum Gasteiger partial charge on any atom is 0.433 e. The molecule has 0 spiro atoms. The van der Waals surface area contributed by atoms with Crippen LogP contribution in [0.4, 0.5) is 22.0 Å². The van der Waals surface area contributed by atoms with E-state index in [0.717, 1.165) is 6.20 Å². The predicted octanol–water partition coefficient (Wildman–Crippen LogP) is 3.10. The van der Waals surface area contributed by atoms with E-state index in [2.05, 4.69) is 4.98 Å². The van der Waals surface area contributed by atoms with Crippen molar-refractivity contribution in [3.05, 3.63) is 26.6 Å². The summed E-state index contributed by atoms with van der Waals surface area (Å²) in [7, 11) is 0. The van der Waals surface area contributed by atoms with Crippen molar-refractivity contribution in [2.24, 2.45) is 5.73 Å². The van der Waals surface area contributed by atoms with Crippen LogP contribution in [0.5, 0.6) is 0 Å². The summed E-state index contributed by atoms with van der Waals surface area (Å²) in [6.45, 7) is -0.136. The molecule has 0 bridgehead atoms. The molecular weight excluding hydrogens is 346 g/mol. The average molecular weight is 352 g/mol. The van der Waals surface area contributed by atoms with Crippen LogP contribution >= 0.6 is 22.6 Å². The Morgan fingerprint density at radius 3 is 2.31 bits per heavy atom. The number of hydrogen-bond donors (Lipinski definition) is 1. The van der Waals surface area contributed by atoms with Gasteiger partial charge >= 0.3 is 6.18 Å². The summed E-state index contributed by atoms with van der Waals surface area (Å²) in [5, 5.41) is 0. The Kier molecular flexibility index (Phi) is 4.05. The van der Waals surface area contributed by atoms with Crippen molar-refractivity contribution in [2.45, 2.75) is 19.1 Å². The van der Waals surface area contributed by atoms with Crippen LogP contribution in [0.1, 0.15) is 23.2 Å². The van der Waals surface area contributed by atoms with Crippen LogP contribution in [0.2, 0.25) is 0 Å². The van der Waals surface area contributed by atoms with Gasteiger partial charge in [0.1, 0.15) is 0 Å². The second-order valence-corrected chi connectivity index (χ2v) is 3.94. The quantitative estimate of drug-likeness (QED) is 0.656. The lowest BCUT2D eigenvalue weighted by Crippen LogP contribution is -2.16. The highest BCUT2D eigenvalue weighted by Gasteiger charge is 2.39. The van der Waals surface area contributed by atoms with Crippen molar-refractivity contribution in [3.63, 3.8) is 0 Å². The van der Waals surface area contributed by atoms with Crippen molar-refractivity contribution in [3.8, 4) is 0 Å². The van der Waals surface area contributed by atoms with Crippen LogP contribution in [0, 0.1) is 3.57 Å². The van der Waals surface area contributed by atoms with Crippen LogP contribution in [0.15, 0.2) is 6.20 Å². The number of aromatic nitrogens is 1. The number of alkyl halides is 5. The van der Waals surface area contributed by atoms with Crippen LogP contribution in [0.3, 0.4) is 0 Å². The van der Waals surface area contributed by atoms with Gasteiger partial charge in [0, 0.05) is 16.3 Å². The Hall–Kier alpha value is -0.510. The van der Waals surface area contributed by atoms with Gasteiger partial charge in [0.15, 0.2) is 5.69 Å². The number of pyridine rings is 1. The first-order valence-corrected chi connectivity index (χ1v) is 5.09. The summed E-state index contributed by atoms with van der Waals surface area (Å²) in [6, 6.07) is 0. The lowest BCUT2D eigenvalue weighted by molar-refractivity contribution is -0.143. The first kappa shape index (κ1) is 13.6. The van der Waals surface area contributed by atoms with E-state index in [-0.39, 0.29) is 15.7 Å². The molecule has 1 rings (SSSR count). The summed E-state index contributed by atoms with van der Waals surface area (Å²) < 4.78 is 62.1. The van der Waals surface area contributed by atoms with Gasteiger partial charge in [-0.25, -0.2) is 8.78 Å². The average Bonchev–Trinajstić information content (AvgIpc) is 2.15. The highest BCUT2D eigenvalue weighted by atomic mass is 127. The molecule has 2 N–H and O–H groups in total. The number of rotatable bonds is 2. The first-order chi connectivity index (χ1) is 7.29. The van der Waals surface area contributed by atoms with Gasteiger partial charge in [-0.1, -0.05) is 0 Å². The number of hydrogen-bond acceptors (Lipinski definition) is 2. The Morgan fingerprint density at radius 2 is 1.94 bits per heavy atom. The van der Waals surface area contributed by atoms with Gasteiger partial charge in [0.05, 0.1) is 5.56 Å². The van der Waals surface area contributed by atoms with Crippen LogP contribution in [-0.2, 0) is 12.7 Å². The minimum absolute atomic E-state index is 0.136. The molecule has 0 unspecified atom stereocenters. The van der Waals surface area contributed by atoms with Crippen molar-refractivity contribution in [2.75, 3.05) is 0 Å². The molecular formula is C8H6F5IN2. The Balaban J connectivity index is 3.47. The zero-order valence-corrected chi connectivity index (χ0v) is 9.81. The molecule has 0 aromatic carbocycles. The van der Waals surface area contributed by atoms with Crippen molar-refractivity contribution >= 4 is 22.6 Å². The second-order valence-electron chi connectivity index (χ2n) is 2.86. The molecule has 0 aliphatic rings. The number of nitrogens with zero attached hydrogens (tertiary/aromatic N) is 1. The molecule has 2 nitrogen and oxygen atoms in total. The van der Waals surface area contributed by atoms with Crippen LogP contribution in [0.25, 0.3) is 0 Å². The molecule has 90 valence electrons. The summed E-state index contributed by atoms with van der Waals surface area (Å²) in [5.41, 5.74) is 2.73. The van der Waals surface area contributed by atoms with Gasteiger partial charge in [0.2, 0.25) is 0 Å². The maximum atomic E-state index is 12.5. The third-order valence-corrected chi connectivity index (χ3v) is 3.10. The van der Waals surface area contributed by atoms with Crippen LogP contribution in [-0.4, -0.2) is 4.98 Å². The fraction of sp³-hybridized carbons (Fsp3) is 0.375. The molecule has 0 fully saturated rings. The van der Waals surface area contributed by atoms with Crippen LogP contribution < -0.4 is 5.73 Å². The molecule has 0 saturated carbocycles. The molecule has 0 amide bonds. The van der Waals surface area contributed by atoms with E-state index in [1.807, 2.05) is 0 Å². The largest absolute Gasteiger partial charge is 0.433 e. The number of nitrogens with two attached hydrogens (primary N) is 1. The minimum atomic E-state index is -4.89. The lowest BCUT2D eigenvalue weighted by Gasteiger charge is -2.14. The summed E-state index contributed by atoms with van der Waals surface area (Å²) in [4.78, 5) is 3.01. The summed E-state index contributed by atoms with van der Waals surface area (Å²) in [5.74, 6) is 0. The van der Waals surface area contributed by atoms with Gasteiger partial charge in [-0.2, -0.15) is 13.2 Å². The smallest absolute Gasteiger partial charge is 0.326 e. The van der Waals surface area contributed by atoms with E-state index < -0.39 is 23.9 Å². The molecule has 0 atom stereocenters. The maximum absolute atomic E-state index is 12.5. The van der Waals surface area contributed by atoms with E-state index in [4.69, 9.17) is 5.73 Å². The molecule has 1 aromatic heterocycles. The van der Waals surface area contributed by atoms with Crippen molar-refractivity contribution in [1.82, 2.24) is 4.98 Å². The highest BCUT2D eigenvalue weighted by Crippen LogP contribution is 2.37. The van der Waals surface area contributed by atoms with E-state index in [1.54, 1.807) is 0 Å².